The Balaban J connectivity index is 2.22. The molecule has 0 aromatic rings. The van der Waals surface area contributed by atoms with Gasteiger partial charge in [-0.25, -0.2) is 0 Å². The van der Waals surface area contributed by atoms with Gasteiger partial charge in [-0.05, 0) is 19.3 Å². The van der Waals surface area contributed by atoms with Gasteiger partial charge in [0.15, 0.2) is 0 Å². The van der Waals surface area contributed by atoms with Crippen molar-refractivity contribution in [1.29, 1.82) is 0 Å². The normalized spacial score (nSPS) is 28.8. The fourth-order valence-electron chi connectivity index (χ4n) is 1.80. The number of amides is 1. The summed E-state index contributed by atoms with van der Waals surface area (Å²) in [7, 11) is 0. The molecular weight excluding hydrogens is 180 g/mol. The monoisotopic (exact) mass is 200 g/mol. The van der Waals surface area contributed by atoms with Crippen LogP contribution in [0.5, 0.6) is 0 Å². The maximum Gasteiger partial charge on any atom is 0.236 e. The van der Waals surface area contributed by atoms with Crippen LogP contribution in [0.2, 0.25) is 0 Å². The molecule has 4 nitrogen and oxygen atoms in total. The minimum Gasteiger partial charge on any atom is -0.393 e. The van der Waals surface area contributed by atoms with Crippen molar-refractivity contribution in [2.45, 2.75) is 44.8 Å². The molecule has 0 bridgehead atoms. The first-order valence-corrected chi connectivity index (χ1v) is 5.36. The second kappa shape index (κ2) is 5.32. The Morgan fingerprint density at radius 3 is 2.86 bits per heavy atom. The number of hydrogen-bond acceptors (Lipinski definition) is 3. The maximum atomic E-state index is 11.3. The van der Waals surface area contributed by atoms with Crippen molar-refractivity contribution in [3.05, 3.63) is 0 Å². The number of nitrogens with two attached hydrogens (primary N) is 1. The van der Waals surface area contributed by atoms with E-state index in [4.69, 9.17) is 5.73 Å². The molecular formula is C10H20N2O2. The van der Waals surface area contributed by atoms with Gasteiger partial charge in [-0.2, -0.15) is 0 Å². The second-order valence-electron chi connectivity index (χ2n) is 4.02. The van der Waals surface area contributed by atoms with Crippen molar-refractivity contribution in [2.24, 2.45) is 11.7 Å². The molecule has 1 aliphatic carbocycles. The van der Waals surface area contributed by atoms with Crippen molar-refractivity contribution in [3.63, 3.8) is 0 Å². The predicted molar refractivity (Wildman–Crippen MR) is 54.6 cm³/mol. The van der Waals surface area contributed by atoms with Gasteiger partial charge in [0.05, 0.1) is 12.1 Å². The quantitative estimate of drug-likeness (QED) is 0.598. The van der Waals surface area contributed by atoms with Crippen LogP contribution in [0.1, 0.15) is 32.6 Å². The third-order valence-corrected chi connectivity index (χ3v) is 2.93. The van der Waals surface area contributed by atoms with Crippen LogP contribution in [-0.4, -0.2) is 29.7 Å². The molecule has 0 spiro atoms. The van der Waals surface area contributed by atoms with Crippen molar-refractivity contribution in [3.8, 4) is 0 Å². The van der Waals surface area contributed by atoms with Crippen LogP contribution in [0.4, 0.5) is 0 Å². The summed E-state index contributed by atoms with van der Waals surface area (Å²) in [6.07, 6.45) is 3.33. The van der Waals surface area contributed by atoms with Gasteiger partial charge < -0.3 is 16.2 Å². The van der Waals surface area contributed by atoms with E-state index in [-0.39, 0.29) is 17.9 Å². The first-order chi connectivity index (χ1) is 6.65. The lowest BCUT2D eigenvalue weighted by molar-refractivity contribution is -0.122. The molecule has 1 rings (SSSR count). The second-order valence-corrected chi connectivity index (χ2v) is 4.02. The molecule has 2 unspecified atom stereocenters. The van der Waals surface area contributed by atoms with Crippen LogP contribution in [-0.2, 0) is 4.79 Å². The van der Waals surface area contributed by atoms with Crippen LogP contribution in [0.3, 0.4) is 0 Å². The Hall–Kier alpha value is -0.610. The average Bonchev–Trinajstić information content (AvgIpc) is 2.59. The lowest BCUT2D eigenvalue weighted by Gasteiger charge is -2.16. The van der Waals surface area contributed by atoms with Crippen molar-refractivity contribution in [1.82, 2.24) is 5.32 Å². The molecule has 4 N–H and O–H groups in total. The van der Waals surface area contributed by atoms with E-state index >= 15 is 0 Å². The van der Waals surface area contributed by atoms with E-state index in [9.17, 15) is 9.90 Å². The summed E-state index contributed by atoms with van der Waals surface area (Å²) in [4.78, 5) is 11.3. The summed E-state index contributed by atoms with van der Waals surface area (Å²) in [6.45, 7) is 2.45. The zero-order valence-electron chi connectivity index (χ0n) is 8.70. The molecule has 82 valence electrons. The topological polar surface area (TPSA) is 75.4 Å². The number of aliphatic hydroxyl groups excluding tert-OH is 1. The summed E-state index contributed by atoms with van der Waals surface area (Å²) in [5.74, 6) is 0.120. The van der Waals surface area contributed by atoms with E-state index in [1.54, 1.807) is 0 Å². The Labute approximate surface area is 84.9 Å². The van der Waals surface area contributed by atoms with Gasteiger partial charge in [0, 0.05) is 12.5 Å². The molecule has 0 saturated heterocycles. The van der Waals surface area contributed by atoms with Gasteiger partial charge in [-0.3, -0.25) is 4.79 Å². The van der Waals surface area contributed by atoms with Gasteiger partial charge in [0.2, 0.25) is 5.91 Å². The largest absolute Gasteiger partial charge is 0.393 e. The summed E-state index contributed by atoms with van der Waals surface area (Å²) in [6, 6.07) is -0.409. The first-order valence-electron chi connectivity index (χ1n) is 5.36. The third-order valence-electron chi connectivity index (χ3n) is 2.93. The summed E-state index contributed by atoms with van der Waals surface area (Å²) in [5.41, 5.74) is 5.56. The smallest absolute Gasteiger partial charge is 0.236 e. The number of hydrogen-bond donors (Lipinski definition) is 3. The highest BCUT2D eigenvalue weighted by Crippen LogP contribution is 2.24. The lowest BCUT2D eigenvalue weighted by Crippen LogP contribution is -2.42. The Morgan fingerprint density at radius 2 is 2.36 bits per heavy atom. The highest BCUT2D eigenvalue weighted by atomic mass is 16.3. The average molecular weight is 200 g/mol. The molecule has 0 heterocycles. The van der Waals surface area contributed by atoms with Gasteiger partial charge >= 0.3 is 0 Å². The number of carbonyl (C=O) groups is 1. The van der Waals surface area contributed by atoms with Crippen LogP contribution in [0.15, 0.2) is 0 Å². The number of rotatable bonds is 4. The molecule has 0 aromatic carbocycles. The van der Waals surface area contributed by atoms with Crippen LogP contribution in [0, 0.1) is 5.92 Å². The first kappa shape index (κ1) is 11.5. The SMILES string of the molecule is CC[C@H](N)C(=O)NCC1CCCC1O. The zero-order valence-corrected chi connectivity index (χ0v) is 8.70. The van der Waals surface area contributed by atoms with E-state index in [0.29, 0.717) is 13.0 Å². The van der Waals surface area contributed by atoms with Crippen LogP contribution < -0.4 is 11.1 Å². The molecule has 1 aliphatic rings. The summed E-state index contributed by atoms with van der Waals surface area (Å²) >= 11 is 0. The number of aliphatic hydroxyl groups is 1. The fourth-order valence-corrected chi connectivity index (χ4v) is 1.80. The van der Waals surface area contributed by atoms with E-state index in [1.165, 1.54) is 0 Å². The maximum absolute atomic E-state index is 11.3. The molecule has 1 saturated carbocycles. The lowest BCUT2D eigenvalue weighted by atomic mass is 10.1. The fraction of sp³-hybridized carbons (Fsp3) is 0.900. The molecule has 4 heteroatoms. The van der Waals surface area contributed by atoms with Crippen LogP contribution in [0.25, 0.3) is 0 Å². The Morgan fingerprint density at radius 1 is 1.64 bits per heavy atom. The Kier molecular flexibility index (Phi) is 4.35. The van der Waals surface area contributed by atoms with Crippen molar-refractivity contribution in [2.75, 3.05) is 6.54 Å². The zero-order chi connectivity index (χ0) is 10.6. The molecule has 1 amide bonds. The Bertz CT molecular complexity index is 197. The van der Waals surface area contributed by atoms with E-state index < -0.39 is 6.04 Å². The minimum atomic E-state index is -0.409. The van der Waals surface area contributed by atoms with E-state index in [0.717, 1.165) is 19.3 Å². The molecule has 1 fully saturated rings. The highest BCUT2D eigenvalue weighted by molar-refractivity contribution is 5.81. The van der Waals surface area contributed by atoms with E-state index in [1.807, 2.05) is 6.92 Å². The van der Waals surface area contributed by atoms with Crippen LogP contribution >= 0.6 is 0 Å². The van der Waals surface area contributed by atoms with Crippen molar-refractivity contribution >= 4 is 5.91 Å². The molecule has 3 atom stereocenters. The van der Waals surface area contributed by atoms with Gasteiger partial charge in [0.25, 0.3) is 0 Å². The molecule has 0 aromatic heterocycles. The molecule has 0 radical (unpaired) electrons. The molecule has 0 aliphatic heterocycles. The van der Waals surface area contributed by atoms with Gasteiger partial charge in [-0.1, -0.05) is 13.3 Å². The third kappa shape index (κ3) is 2.96. The standard InChI is InChI=1S/C10H20N2O2/c1-2-8(11)10(14)12-6-7-4-3-5-9(7)13/h7-9,13H,2-6,11H2,1H3,(H,12,14)/t7?,8-,9?/m0/s1. The highest BCUT2D eigenvalue weighted by Gasteiger charge is 2.25. The molecule has 14 heavy (non-hydrogen) atoms. The summed E-state index contributed by atoms with van der Waals surface area (Å²) < 4.78 is 0. The van der Waals surface area contributed by atoms with E-state index in [2.05, 4.69) is 5.32 Å². The predicted octanol–water partition coefficient (Wildman–Crippen LogP) is 0.000900. The van der Waals surface area contributed by atoms with Crippen molar-refractivity contribution < 1.29 is 9.90 Å². The summed E-state index contributed by atoms with van der Waals surface area (Å²) in [5, 5.41) is 12.3. The van der Waals surface area contributed by atoms with Gasteiger partial charge in [0.1, 0.15) is 0 Å². The van der Waals surface area contributed by atoms with Gasteiger partial charge in [-0.15, -0.1) is 0 Å². The number of nitrogens with one attached hydrogen (secondary N) is 1. The number of carbonyl (C=O) groups excluding carboxylic acids is 1. The minimum absolute atomic E-state index is 0.105.